The van der Waals surface area contributed by atoms with E-state index in [-0.39, 0.29) is 5.82 Å². The lowest BCUT2D eigenvalue weighted by atomic mass is 10.2. The number of aliphatic imine (C=N–C) groups is 1. The highest BCUT2D eigenvalue weighted by Crippen LogP contribution is 2.20. The predicted molar refractivity (Wildman–Crippen MR) is 52.0 cm³/mol. The quantitative estimate of drug-likeness (QED) is 0.584. The summed E-state index contributed by atoms with van der Waals surface area (Å²) in [6.45, 7) is 0. The molecule has 0 atom stereocenters. The van der Waals surface area contributed by atoms with Crippen LogP contribution in [0.2, 0.25) is 0 Å². The number of nitrogens with two attached hydrogens (primary N) is 1. The van der Waals surface area contributed by atoms with Gasteiger partial charge >= 0.3 is 0 Å². The SMILES string of the molecule is CN=Cc1c(N)cc(Br)cc1F. The van der Waals surface area contributed by atoms with Crippen molar-refractivity contribution in [2.45, 2.75) is 0 Å². The van der Waals surface area contributed by atoms with Gasteiger partial charge in [-0.05, 0) is 12.1 Å². The van der Waals surface area contributed by atoms with Crippen LogP contribution in [0.15, 0.2) is 21.6 Å². The van der Waals surface area contributed by atoms with Gasteiger partial charge in [0.15, 0.2) is 0 Å². The minimum Gasteiger partial charge on any atom is -0.398 e. The van der Waals surface area contributed by atoms with Crippen LogP contribution in [-0.2, 0) is 0 Å². The minimum atomic E-state index is -0.368. The fourth-order valence-corrected chi connectivity index (χ4v) is 1.32. The molecule has 0 bridgehead atoms. The highest BCUT2D eigenvalue weighted by Gasteiger charge is 2.04. The number of halogens is 2. The Morgan fingerprint density at radius 1 is 1.58 bits per heavy atom. The van der Waals surface area contributed by atoms with E-state index >= 15 is 0 Å². The van der Waals surface area contributed by atoms with E-state index in [1.165, 1.54) is 12.3 Å². The molecule has 1 aromatic rings. The summed E-state index contributed by atoms with van der Waals surface area (Å²) < 4.78 is 13.7. The first-order chi connectivity index (χ1) is 5.65. The molecule has 0 fully saturated rings. The predicted octanol–water partition coefficient (Wildman–Crippen LogP) is 2.22. The Hall–Kier alpha value is -0.900. The molecule has 0 heterocycles. The Bertz CT molecular complexity index is 300. The number of benzene rings is 1. The van der Waals surface area contributed by atoms with Gasteiger partial charge in [0, 0.05) is 23.4 Å². The second-order valence-electron chi connectivity index (χ2n) is 2.28. The maximum Gasteiger partial charge on any atom is 0.135 e. The molecular weight excluding hydrogens is 223 g/mol. The molecule has 2 nitrogen and oxygen atoms in total. The van der Waals surface area contributed by atoms with E-state index < -0.39 is 0 Å². The van der Waals surface area contributed by atoms with Crippen LogP contribution >= 0.6 is 15.9 Å². The molecule has 64 valence electrons. The van der Waals surface area contributed by atoms with Gasteiger partial charge in [-0.2, -0.15) is 0 Å². The number of nitrogens with zero attached hydrogens (tertiary/aromatic N) is 1. The molecule has 0 saturated carbocycles. The lowest BCUT2D eigenvalue weighted by molar-refractivity contribution is 0.626. The summed E-state index contributed by atoms with van der Waals surface area (Å²) in [4.78, 5) is 3.70. The first-order valence-electron chi connectivity index (χ1n) is 3.32. The van der Waals surface area contributed by atoms with E-state index in [9.17, 15) is 4.39 Å². The van der Waals surface area contributed by atoms with Crippen LogP contribution in [-0.4, -0.2) is 13.3 Å². The largest absolute Gasteiger partial charge is 0.398 e. The molecule has 0 aliphatic rings. The molecule has 4 heteroatoms. The van der Waals surface area contributed by atoms with Gasteiger partial charge < -0.3 is 5.73 Å². The summed E-state index contributed by atoms with van der Waals surface area (Å²) >= 11 is 3.13. The molecule has 0 aliphatic heterocycles. The molecule has 0 aliphatic carbocycles. The summed E-state index contributed by atoms with van der Waals surface area (Å²) in [5.74, 6) is -0.368. The second kappa shape index (κ2) is 3.67. The summed E-state index contributed by atoms with van der Waals surface area (Å²) in [5, 5.41) is 0. The van der Waals surface area contributed by atoms with Gasteiger partial charge in [0.2, 0.25) is 0 Å². The zero-order chi connectivity index (χ0) is 9.14. The highest BCUT2D eigenvalue weighted by molar-refractivity contribution is 9.10. The smallest absolute Gasteiger partial charge is 0.135 e. The molecule has 1 rings (SSSR count). The number of anilines is 1. The zero-order valence-corrected chi connectivity index (χ0v) is 8.10. The molecule has 0 spiro atoms. The Balaban J connectivity index is 3.28. The van der Waals surface area contributed by atoms with Crippen molar-refractivity contribution in [1.82, 2.24) is 0 Å². The molecule has 0 amide bonds. The molecule has 2 N–H and O–H groups in total. The van der Waals surface area contributed by atoms with Gasteiger partial charge in [-0.15, -0.1) is 0 Å². The van der Waals surface area contributed by atoms with E-state index in [0.717, 1.165) is 0 Å². The van der Waals surface area contributed by atoms with Gasteiger partial charge in [0.25, 0.3) is 0 Å². The third-order valence-corrected chi connectivity index (χ3v) is 1.84. The van der Waals surface area contributed by atoms with Gasteiger partial charge in [-0.1, -0.05) is 15.9 Å². The lowest BCUT2D eigenvalue weighted by Crippen LogP contribution is -1.97. The topological polar surface area (TPSA) is 38.4 Å². The minimum absolute atomic E-state index is 0.334. The van der Waals surface area contributed by atoms with Crippen molar-refractivity contribution in [2.24, 2.45) is 4.99 Å². The first kappa shape index (κ1) is 9.19. The van der Waals surface area contributed by atoms with Gasteiger partial charge in [-0.25, -0.2) is 4.39 Å². The maximum absolute atomic E-state index is 13.1. The van der Waals surface area contributed by atoms with Crippen molar-refractivity contribution in [3.8, 4) is 0 Å². The third kappa shape index (κ3) is 1.82. The van der Waals surface area contributed by atoms with E-state index in [1.54, 1.807) is 13.1 Å². The summed E-state index contributed by atoms with van der Waals surface area (Å²) in [5.41, 5.74) is 6.26. The van der Waals surface area contributed by atoms with Gasteiger partial charge in [-0.3, -0.25) is 4.99 Å². The molecule has 0 unspecified atom stereocenters. The second-order valence-corrected chi connectivity index (χ2v) is 3.19. The summed E-state index contributed by atoms with van der Waals surface area (Å²) in [6, 6.07) is 2.99. The Labute approximate surface area is 78.4 Å². The van der Waals surface area contributed by atoms with Crippen LogP contribution in [0.1, 0.15) is 5.56 Å². The average Bonchev–Trinajstić information content (AvgIpc) is 1.96. The average molecular weight is 231 g/mol. The molecule has 0 radical (unpaired) electrons. The van der Waals surface area contributed by atoms with Crippen molar-refractivity contribution < 1.29 is 4.39 Å². The Kier molecular flexibility index (Phi) is 2.81. The van der Waals surface area contributed by atoms with Crippen molar-refractivity contribution >= 4 is 27.8 Å². The Morgan fingerprint density at radius 3 is 2.75 bits per heavy atom. The standard InChI is InChI=1S/C8H8BrFN2/c1-12-4-6-7(10)2-5(9)3-8(6)11/h2-4H,11H2,1H3. The number of nitrogen functional groups attached to an aromatic ring is 1. The molecular formula is C8H8BrFN2. The van der Waals surface area contributed by atoms with Crippen LogP contribution < -0.4 is 5.73 Å². The highest BCUT2D eigenvalue weighted by atomic mass is 79.9. The zero-order valence-electron chi connectivity index (χ0n) is 6.51. The van der Waals surface area contributed by atoms with Gasteiger partial charge in [0.1, 0.15) is 5.82 Å². The molecule has 12 heavy (non-hydrogen) atoms. The fourth-order valence-electron chi connectivity index (χ4n) is 0.870. The monoisotopic (exact) mass is 230 g/mol. The lowest BCUT2D eigenvalue weighted by Gasteiger charge is -2.01. The fraction of sp³-hybridized carbons (Fsp3) is 0.125. The van der Waals surface area contributed by atoms with Crippen LogP contribution in [0.3, 0.4) is 0 Å². The number of hydrogen-bond donors (Lipinski definition) is 1. The van der Waals surface area contributed by atoms with Crippen LogP contribution in [0, 0.1) is 5.82 Å². The molecule has 0 saturated heterocycles. The third-order valence-electron chi connectivity index (χ3n) is 1.38. The van der Waals surface area contributed by atoms with Crippen molar-refractivity contribution in [3.05, 3.63) is 28.0 Å². The van der Waals surface area contributed by atoms with Crippen LogP contribution in [0.5, 0.6) is 0 Å². The van der Waals surface area contributed by atoms with E-state index in [4.69, 9.17) is 5.73 Å². The van der Waals surface area contributed by atoms with E-state index in [2.05, 4.69) is 20.9 Å². The van der Waals surface area contributed by atoms with Gasteiger partial charge in [0.05, 0.1) is 5.56 Å². The van der Waals surface area contributed by atoms with Crippen LogP contribution in [0.4, 0.5) is 10.1 Å². The first-order valence-corrected chi connectivity index (χ1v) is 4.11. The van der Waals surface area contributed by atoms with E-state index in [1.807, 2.05) is 0 Å². The molecule has 0 aromatic heterocycles. The molecule has 1 aromatic carbocycles. The summed E-state index contributed by atoms with van der Waals surface area (Å²) in [6.07, 6.45) is 1.40. The summed E-state index contributed by atoms with van der Waals surface area (Å²) in [7, 11) is 1.57. The number of hydrogen-bond acceptors (Lipinski definition) is 2. The van der Waals surface area contributed by atoms with E-state index in [0.29, 0.717) is 15.7 Å². The number of rotatable bonds is 1. The van der Waals surface area contributed by atoms with Crippen molar-refractivity contribution in [3.63, 3.8) is 0 Å². The maximum atomic E-state index is 13.1. The van der Waals surface area contributed by atoms with Crippen molar-refractivity contribution in [2.75, 3.05) is 12.8 Å². The van der Waals surface area contributed by atoms with Crippen LogP contribution in [0.25, 0.3) is 0 Å². The normalized spacial score (nSPS) is 10.9. The Morgan fingerprint density at radius 2 is 2.25 bits per heavy atom. The van der Waals surface area contributed by atoms with Crippen molar-refractivity contribution in [1.29, 1.82) is 0 Å².